The number of hydrogen-bond acceptors (Lipinski definition) is 3. The molecule has 1 aliphatic heterocycles. The summed E-state index contributed by atoms with van der Waals surface area (Å²) in [5.74, 6) is -1.01. The van der Waals surface area contributed by atoms with Crippen molar-refractivity contribution in [2.24, 2.45) is 5.92 Å². The summed E-state index contributed by atoms with van der Waals surface area (Å²) in [6.07, 6.45) is 0.203. The number of carbonyl (C=O) groups is 3. The van der Waals surface area contributed by atoms with E-state index in [0.29, 0.717) is 28.5 Å². The number of nitrogens with one attached hydrogen (secondary N) is 2. The van der Waals surface area contributed by atoms with E-state index in [1.807, 2.05) is 13.8 Å². The van der Waals surface area contributed by atoms with Crippen LogP contribution in [0.25, 0.3) is 0 Å². The van der Waals surface area contributed by atoms with Gasteiger partial charge in [-0.3, -0.25) is 14.4 Å². The fourth-order valence-electron chi connectivity index (χ4n) is 3.17. The van der Waals surface area contributed by atoms with Gasteiger partial charge >= 0.3 is 0 Å². The molecule has 0 radical (unpaired) electrons. The Morgan fingerprint density at radius 3 is 2.23 bits per heavy atom. The zero-order chi connectivity index (χ0) is 22.0. The minimum absolute atomic E-state index is 0.0156. The van der Waals surface area contributed by atoms with Gasteiger partial charge in [-0.1, -0.05) is 34.8 Å². The number of hydrogen-bond donors (Lipinski definition) is 2. The maximum Gasteiger partial charge on any atom is 0.255 e. The lowest BCUT2D eigenvalue weighted by Gasteiger charge is -2.20. The third kappa shape index (κ3) is 5.06. The van der Waals surface area contributed by atoms with E-state index in [1.165, 1.54) is 12.1 Å². The van der Waals surface area contributed by atoms with Crippen LogP contribution in [0.15, 0.2) is 36.4 Å². The van der Waals surface area contributed by atoms with Crippen molar-refractivity contribution < 1.29 is 14.4 Å². The zero-order valence-electron chi connectivity index (χ0n) is 16.3. The monoisotopic (exact) mass is 467 g/mol. The summed E-state index contributed by atoms with van der Waals surface area (Å²) >= 11 is 17.9. The smallest absolute Gasteiger partial charge is 0.255 e. The maximum absolute atomic E-state index is 12.5. The van der Waals surface area contributed by atoms with Crippen LogP contribution >= 0.6 is 34.8 Å². The molecule has 1 unspecified atom stereocenters. The van der Waals surface area contributed by atoms with Crippen LogP contribution in [0.4, 0.5) is 11.4 Å². The van der Waals surface area contributed by atoms with Gasteiger partial charge in [0, 0.05) is 30.3 Å². The van der Waals surface area contributed by atoms with Crippen molar-refractivity contribution in [1.82, 2.24) is 4.90 Å². The van der Waals surface area contributed by atoms with Gasteiger partial charge in [0.15, 0.2) is 0 Å². The molecule has 1 atom stereocenters. The van der Waals surface area contributed by atoms with Crippen molar-refractivity contribution in [1.29, 1.82) is 0 Å². The van der Waals surface area contributed by atoms with Crippen molar-refractivity contribution in [3.63, 3.8) is 0 Å². The van der Waals surface area contributed by atoms with Crippen molar-refractivity contribution in [2.75, 3.05) is 17.2 Å². The standard InChI is InChI=1S/C21H20Cl3N3O3/c1-11(2)27-10-13(7-19(27)28)21(30)25-14-5-3-12(4-6-14)20(29)26-18-9-16(23)15(22)8-17(18)24/h3-6,8-9,11,13H,7,10H2,1-2H3,(H,25,30)(H,26,29). The van der Waals surface area contributed by atoms with Crippen LogP contribution in [0.1, 0.15) is 30.6 Å². The molecule has 1 fully saturated rings. The van der Waals surface area contributed by atoms with Gasteiger partial charge in [0.2, 0.25) is 11.8 Å². The first kappa shape index (κ1) is 22.4. The van der Waals surface area contributed by atoms with E-state index < -0.39 is 0 Å². The minimum atomic E-state index is -0.389. The summed E-state index contributed by atoms with van der Waals surface area (Å²) in [4.78, 5) is 38.6. The Bertz CT molecular complexity index is 993. The van der Waals surface area contributed by atoms with E-state index >= 15 is 0 Å². The van der Waals surface area contributed by atoms with Crippen molar-refractivity contribution in [3.8, 4) is 0 Å². The number of likely N-dealkylation sites (tertiary alicyclic amines) is 1. The number of anilines is 2. The molecule has 0 spiro atoms. The highest BCUT2D eigenvalue weighted by Crippen LogP contribution is 2.32. The van der Waals surface area contributed by atoms with E-state index in [9.17, 15) is 14.4 Å². The van der Waals surface area contributed by atoms with E-state index in [2.05, 4.69) is 10.6 Å². The number of rotatable bonds is 5. The average Bonchev–Trinajstić information content (AvgIpc) is 3.09. The van der Waals surface area contributed by atoms with Crippen LogP contribution in [0.3, 0.4) is 0 Å². The van der Waals surface area contributed by atoms with Gasteiger partial charge in [0.25, 0.3) is 5.91 Å². The molecule has 0 saturated carbocycles. The summed E-state index contributed by atoms with van der Waals surface area (Å²) in [6.45, 7) is 4.26. The second-order valence-corrected chi connectivity index (χ2v) is 8.53. The first-order valence-electron chi connectivity index (χ1n) is 9.32. The molecule has 158 valence electrons. The summed E-state index contributed by atoms with van der Waals surface area (Å²) in [6, 6.07) is 9.40. The van der Waals surface area contributed by atoms with Gasteiger partial charge in [-0.2, -0.15) is 0 Å². The van der Waals surface area contributed by atoms with Gasteiger partial charge in [-0.25, -0.2) is 0 Å². The van der Waals surface area contributed by atoms with Crippen LogP contribution < -0.4 is 10.6 Å². The molecule has 1 saturated heterocycles. The molecule has 2 N–H and O–H groups in total. The molecule has 2 aromatic rings. The molecule has 3 rings (SSSR count). The Kier molecular flexibility index (Phi) is 6.91. The number of halogens is 3. The summed E-state index contributed by atoms with van der Waals surface area (Å²) < 4.78 is 0. The second kappa shape index (κ2) is 9.25. The normalized spacial score (nSPS) is 16.1. The average molecular weight is 469 g/mol. The molecule has 0 bridgehead atoms. The Morgan fingerprint density at radius 1 is 1.00 bits per heavy atom. The van der Waals surface area contributed by atoms with Crippen molar-refractivity contribution in [3.05, 3.63) is 57.0 Å². The van der Waals surface area contributed by atoms with Gasteiger partial charge in [-0.15, -0.1) is 0 Å². The van der Waals surface area contributed by atoms with Crippen LogP contribution in [-0.2, 0) is 9.59 Å². The maximum atomic E-state index is 12.5. The van der Waals surface area contributed by atoms with Crippen LogP contribution in [0.2, 0.25) is 15.1 Å². The lowest BCUT2D eigenvalue weighted by molar-refractivity contribution is -0.129. The second-order valence-electron chi connectivity index (χ2n) is 7.31. The van der Waals surface area contributed by atoms with Gasteiger partial charge in [0.1, 0.15) is 0 Å². The minimum Gasteiger partial charge on any atom is -0.339 e. The fraction of sp³-hybridized carbons (Fsp3) is 0.286. The Hall–Kier alpha value is -2.28. The molecule has 9 heteroatoms. The van der Waals surface area contributed by atoms with Crippen LogP contribution in [0, 0.1) is 5.92 Å². The molecular weight excluding hydrogens is 449 g/mol. The molecule has 0 aromatic heterocycles. The number of amides is 3. The highest BCUT2D eigenvalue weighted by molar-refractivity contribution is 6.44. The van der Waals surface area contributed by atoms with E-state index in [-0.39, 0.29) is 46.1 Å². The van der Waals surface area contributed by atoms with Gasteiger partial charge in [0.05, 0.1) is 26.7 Å². The number of carbonyl (C=O) groups excluding carboxylic acids is 3. The molecule has 30 heavy (non-hydrogen) atoms. The SMILES string of the molecule is CC(C)N1CC(C(=O)Nc2ccc(C(=O)Nc3cc(Cl)c(Cl)cc3Cl)cc2)CC1=O. The predicted octanol–water partition coefficient (Wildman–Crippen LogP) is 5.09. The quantitative estimate of drug-likeness (QED) is 0.600. The molecule has 2 aromatic carbocycles. The first-order chi connectivity index (χ1) is 14.2. The van der Waals surface area contributed by atoms with Crippen molar-refractivity contribution in [2.45, 2.75) is 26.3 Å². The molecule has 1 heterocycles. The lowest BCUT2D eigenvalue weighted by Crippen LogP contribution is -2.33. The fourth-order valence-corrected chi connectivity index (χ4v) is 3.76. The predicted molar refractivity (Wildman–Crippen MR) is 119 cm³/mol. The largest absolute Gasteiger partial charge is 0.339 e. The third-order valence-corrected chi connectivity index (χ3v) is 5.86. The Labute approximate surface area is 189 Å². The Morgan fingerprint density at radius 2 is 1.63 bits per heavy atom. The molecule has 0 aliphatic carbocycles. The van der Waals surface area contributed by atoms with E-state index in [0.717, 1.165) is 0 Å². The zero-order valence-corrected chi connectivity index (χ0v) is 18.6. The lowest BCUT2D eigenvalue weighted by atomic mass is 10.1. The first-order valence-corrected chi connectivity index (χ1v) is 10.5. The third-order valence-electron chi connectivity index (χ3n) is 4.83. The molecular formula is C21H20Cl3N3O3. The van der Waals surface area contributed by atoms with E-state index in [1.54, 1.807) is 29.2 Å². The number of nitrogens with zero attached hydrogens (tertiary/aromatic N) is 1. The summed E-state index contributed by atoms with van der Waals surface area (Å²) in [5.41, 5.74) is 1.26. The molecule has 1 aliphatic rings. The van der Waals surface area contributed by atoms with Gasteiger partial charge in [-0.05, 0) is 50.2 Å². The van der Waals surface area contributed by atoms with E-state index in [4.69, 9.17) is 34.8 Å². The van der Waals surface area contributed by atoms with Crippen LogP contribution in [-0.4, -0.2) is 35.2 Å². The highest BCUT2D eigenvalue weighted by Gasteiger charge is 2.35. The molecule has 6 nitrogen and oxygen atoms in total. The van der Waals surface area contributed by atoms with Gasteiger partial charge < -0.3 is 15.5 Å². The summed E-state index contributed by atoms with van der Waals surface area (Å²) in [5, 5.41) is 6.31. The van der Waals surface area contributed by atoms with Crippen LogP contribution in [0.5, 0.6) is 0 Å². The number of benzene rings is 2. The molecule has 3 amide bonds. The Balaban J connectivity index is 1.62. The summed E-state index contributed by atoms with van der Waals surface area (Å²) in [7, 11) is 0. The highest BCUT2D eigenvalue weighted by atomic mass is 35.5. The topological polar surface area (TPSA) is 78.5 Å². The van der Waals surface area contributed by atoms with Crippen molar-refractivity contribution >= 4 is 63.9 Å².